The molecular formula is C29H35N3O2. The highest BCUT2D eigenvalue weighted by atomic mass is 16.4. The second-order valence-electron chi connectivity index (χ2n) is 9.37. The Bertz CT molecular complexity index is 1120. The molecule has 5 heteroatoms. The Kier molecular flexibility index (Phi) is 7.73. The van der Waals surface area contributed by atoms with E-state index in [-0.39, 0.29) is 12.5 Å². The smallest absolute Gasteiger partial charge is 0.303 e. The number of rotatable bonds is 9. The van der Waals surface area contributed by atoms with Gasteiger partial charge in [-0.05, 0) is 33.2 Å². The summed E-state index contributed by atoms with van der Waals surface area (Å²) in [5, 5.41) is 8.94. The number of aromatic nitrogens is 2. The number of hydrogen-bond acceptors (Lipinski definition) is 4. The topological polar surface area (TPSA) is 66.3 Å². The molecule has 34 heavy (non-hydrogen) atoms. The van der Waals surface area contributed by atoms with E-state index in [9.17, 15) is 4.79 Å². The zero-order valence-electron chi connectivity index (χ0n) is 20.6. The molecular weight excluding hydrogens is 422 g/mol. The summed E-state index contributed by atoms with van der Waals surface area (Å²) < 4.78 is 0. The molecule has 0 saturated carbocycles. The van der Waals surface area contributed by atoms with Gasteiger partial charge in [-0.25, -0.2) is 9.97 Å². The molecule has 1 aliphatic rings. The number of fused-ring (bicyclic) bond motifs is 1. The molecule has 0 amide bonds. The molecule has 0 aliphatic carbocycles. The van der Waals surface area contributed by atoms with Crippen molar-refractivity contribution in [3.63, 3.8) is 0 Å². The van der Waals surface area contributed by atoms with E-state index in [1.807, 2.05) is 0 Å². The molecule has 0 spiro atoms. The Hall–Kier alpha value is -3.05. The first kappa shape index (κ1) is 24.1. The fraction of sp³-hybridized carbons (Fsp3) is 0.414. The number of likely N-dealkylation sites (N-methyl/N-ethyl adjacent to an activating group) is 1. The van der Waals surface area contributed by atoms with Gasteiger partial charge in [-0.3, -0.25) is 9.69 Å². The van der Waals surface area contributed by atoms with Gasteiger partial charge in [0.25, 0.3) is 0 Å². The highest BCUT2D eigenvalue weighted by Crippen LogP contribution is 2.37. The molecule has 178 valence electrons. The van der Waals surface area contributed by atoms with Crippen LogP contribution in [0, 0.1) is 13.8 Å². The number of nitrogens with zero attached hydrogens (tertiary/aromatic N) is 3. The summed E-state index contributed by atoms with van der Waals surface area (Å²) in [7, 11) is 0. The maximum Gasteiger partial charge on any atom is 0.303 e. The number of aliphatic carboxylic acids is 1. The van der Waals surface area contributed by atoms with Crippen LogP contribution in [0.2, 0.25) is 0 Å². The molecule has 4 rings (SSSR count). The summed E-state index contributed by atoms with van der Waals surface area (Å²) >= 11 is 0. The molecule has 0 saturated heterocycles. The van der Waals surface area contributed by atoms with Crippen molar-refractivity contribution in [3.8, 4) is 22.5 Å². The molecule has 5 nitrogen and oxygen atoms in total. The molecule has 0 fully saturated rings. The van der Waals surface area contributed by atoms with Crippen molar-refractivity contribution in [1.29, 1.82) is 0 Å². The third kappa shape index (κ3) is 5.53. The van der Waals surface area contributed by atoms with Crippen LogP contribution in [-0.4, -0.2) is 39.0 Å². The molecule has 2 aromatic carbocycles. The van der Waals surface area contributed by atoms with Crippen LogP contribution in [0.15, 0.2) is 48.5 Å². The Morgan fingerprint density at radius 1 is 0.912 bits per heavy atom. The minimum atomic E-state index is -0.713. The van der Waals surface area contributed by atoms with E-state index in [1.165, 1.54) is 11.1 Å². The van der Waals surface area contributed by atoms with E-state index in [4.69, 9.17) is 15.1 Å². The van der Waals surface area contributed by atoms with Crippen LogP contribution in [0.1, 0.15) is 67.6 Å². The number of aryl methyl sites for hydroxylation is 2. The summed E-state index contributed by atoms with van der Waals surface area (Å²) in [6, 6.07) is 17.3. The maximum absolute atomic E-state index is 10.9. The van der Waals surface area contributed by atoms with Crippen LogP contribution < -0.4 is 0 Å². The molecule has 3 aromatic rings. The molecule has 1 aliphatic heterocycles. The first-order valence-electron chi connectivity index (χ1n) is 12.5. The van der Waals surface area contributed by atoms with Gasteiger partial charge in [-0.1, -0.05) is 79.4 Å². The fourth-order valence-corrected chi connectivity index (χ4v) is 4.83. The van der Waals surface area contributed by atoms with Gasteiger partial charge in [0, 0.05) is 30.5 Å². The number of hydrogen-bond donors (Lipinski definition) is 1. The quantitative estimate of drug-likeness (QED) is 0.378. The van der Waals surface area contributed by atoms with E-state index in [0.717, 1.165) is 79.1 Å². The van der Waals surface area contributed by atoms with Crippen molar-refractivity contribution in [2.45, 2.75) is 65.3 Å². The molecule has 1 N–H and O–H groups in total. The predicted molar refractivity (Wildman–Crippen MR) is 137 cm³/mol. The van der Waals surface area contributed by atoms with Crippen molar-refractivity contribution in [3.05, 3.63) is 71.0 Å². The first-order chi connectivity index (χ1) is 16.5. The zero-order valence-corrected chi connectivity index (χ0v) is 20.6. The number of carboxylic acid groups (broad SMARTS) is 1. The molecule has 1 aromatic heterocycles. The number of carboxylic acids is 1. The predicted octanol–water partition coefficient (Wildman–Crippen LogP) is 6.38. The lowest BCUT2D eigenvalue weighted by Crippen LogP contribution is -2.36. The SMILES string of the molecule is CCN1CCc2nc(-c3ccc(C)cc3)c(-c3ccc(C)cc3)nc2C1CCCCCC(=O)O. The lowest BCUT2D eigenvalue weighted by atomic mass is 9.94. The van der Waals surface area contributed by atoms with Crippen LogP contribution in [0.5, 0.6) is 0 Å². The Morgan fingerprint density at radius 2 is 1.50 bits per heavy atom. The van der Waals surface area contributed by atoms with E-state index >= 15 is 0 Å². The third-order valence-corrected chi connectivity index (χ3v) is 6.82. The average molecular weight is 458 g/mol. The largest absolute Gasteiger partial charge is 0.481 e. The van der Waals surface area contributed by atoms with Gasteiger partial charge in [0.2, 0.25) is 0 Å². The number of unbranched alkanes of at least 4 members (excludes halogenated alkanes) is 2. The summed E-state index contributed by atoms with van der Waals surface area (Å²) in [4.78, 5) is 23.9. The highest BCUT2D eigenvalue weighted by molar-refractivity contribution is 5.78. The van der Waals surface area contributed by atoms with Gasteiger partial charge in [-0.15, -0.1) is 0 Å². The van der Waals surface area contributed by atoms with Crippen LogP contribution in [0.4, 0.5) is 0 Å². The van der Waals surface area contributed by atoms with Crippen molar-refractivity contribution in [2.24, 2.45) is 0 Å². The van der Waals surface area contributed by atoms with Crippen molar-refractivity contribution >= 4 is 5.97 Å². The highest BCUT2D eigenvalue weighted by Gasteiger charge is 2.30. The third-order valence-electron chi connectivity index (χ3n) is 6.82. The van der Waals surface area contributed by atoms with Gasteiger partial charge in [0.15, 0.2) is 0 Å². The summed E-state index contributed by atoms with van der Waals surface area (Å²) in [5.74, 6) is -0.713. The summed E-state index contributed by atoms with van der Waals surface area (Å²) in [6.07, 6.45) is 4.78. The minimum Gasteiger partial charge on any atom is -0.481 e. The fourth-order valence-electron chi connectivity index (χ4n) is 4.83. The Balaban J connectivity index is 1.73. The van der Waals surface area contributed by atoms with Crippen molar-refractivity contribution in [2.75, 3.05) is 13.1 Å². The second kappa shape index (κ2) is 10.9. The second-order valence-corrected chi connectivity index (χ2v) is 9.37. The normalized spacial score (nSPS) is 15.8. The van der Waals surface area contributed by atoms with E-state index in [2.05, 4.69) is 74.2 Å². The number of benzene rings is 2. The van der Waals surface area contributed by atoms with Gasteiger partial charge in [0.05, 0.1) is 28.8 Å². The minimum absolute atomic E-state index is 0.224. The van der Waals surface area contributed by atoms with E-state index in [1.54, 1.807) is 0 Å². The summed E-state index contributed by atoms with van der Waals surface area (Å²) in [6.45, 7) is 8.36. The van der Waals surface area contributed by atoms with E-state index < -0.39 is 5.97 Å². The molecule has 1 atom stereocenters. The van der Waals surface area contributed by atoms with Gasteiger partial charge in [-0.2, -0.15) is 0 Å². The number of carbonyl (C=O) groups is 1. The van der Waals surface area contributed by atoms with Crippen LogP contribution in [0.3, 0.4) is 0 Å². The maximum atomic E-state index is 10.9. The molecule has 2 heterocycles. The summed E-state index contributed by atoms with van der Waals surface area (Å²) in [5.41, 5.74) is 8.73. The van der Waals surface area contributed by atoms with Crippen molar-refractivity contribution in [1.82, 2.24) is 14.9 Å². The monoisotopic (exact) mass is 457 g/mol. The van der Waals surface area contributed by atoms with Gasteiger partial charge in [0.1, 0.15) is 0 Å². The van der Waals surface area contributed by atoms with Crippen molar-refractivity contribution < 1.29 is 9.90 Å². The van der Waals surface area contributed by atoms with Crippen LogP contribution >= 0.6 is 0 Å². The van der Waals surface area contributed by atoms with Crippen LogP contribution in [0.25, 0.3) is 22.5 Å². The lowest BCUT2D eigenvalue weighted by Gasteiger charge is -2.36. The Labute approximate surface area is 202 Å². The average Bonchev–Trinajstić information content (AvgIpc) is 2.84. The zero-order chi connectivity index (χ0) is 24.1. The first-order valence-corrected chi connectivity index (χ1v) is 12.5. The van der Waals surface area contributed by atoms with Gasteiger partial charge < -0.3 is 5.11 Å². The molecule has 0 radical (unpaired) electrons. The van der Waals surface area contributed by atoms with E-state index in [0.29, 0.717) is 0 Å². The lowest BCUT2D eigenvalue weighted by molar-refractivity contribution is -0.137. The Morgan fingerprint density at radius 3 is 2.06 bits per heavy atom. The van der Waals surface area contributed by atoms with Gasteiger partial charge >= 0.3 is 5.97 Å². The molecule has 1 unspecified atom stereocenters. The molecule has 0 bridgehead atoms. The van der Waals surface area contributed by atoms with Crippen LogP contribution in [-0.2, 0) is 11.2 Å². The standard InChI is InChI=1S/C29H35N3O2/c1-4-32-19-18-24-29(25(32)8-6-5-7-9-26(33)34)31-28(23-16-12-21(3)13-17-23)27(30-24)22-14-10-20(2)11-15-22/h10-17,25H,4-9,18-19H2,1-3H3,(H,33,34).